The lowest BCUT2D eigenvalue weighted by Crippen LogP contribution is -2.36. The summed E-state index contributed by atoms with van der Waals surface area (Å²) in [6.07, 6.45) is 1.80. The van der Waals surface area contributed by atoms with Crippen LogP contribution in [0.4, 0.5) is 0 Å². The molecule has 0 unspecified atom stereocenters. The second-order valence-electron chi connectivity index (χ2n) is 6.93. The molecule has 8 heteroatoms. The van der Waals surface area contributed by atoms with E-state index < -0.39 is 0 Å². The van der Waals surface area contributed by atoms with Crippen molar-refractivity contribution in [2.75, 3.05) is 13.8 Å². The Morgan fingerprint density at radius 3 is 2.63 bits per heavy atom. The second-order valence-corrected chi connectivity index (χ2v) is 6.93. The van der Waals surface area contributed by atoms with Crippen molar-refractivity contribution in [1.82, 2.24) is 20.8 Å². The molecule has 0 atom stereocenters. The normalized spacial score (nSPS) is 12.8. The summed E-state index contributed by atoms with van der Waals surface area (Å²) < 4.78 is 16.2. The number of hydrogen-bond donors (Lipinski definition) is 2. The zero-order valence-corrected chi connectivity index (χ0v) is 17.1. The first kappa shape index (κ1) is 19.8. The summed E-state index contributed by atoms with van der Waals surface area (Å²) in [4.78, 5) is 8.75. The number of ether oxygens (including phenoxy) is 2. The summed E-state index contributed by atoms with van der Waals surface area (Å²) in [5, 5.41) is 10.7. The molecule has 0 fully saturated rings. The molecule has 30 heavy (non-hydrogen) atoms. The lowest BCUT2D eigenvalue weighted by molar-refractivity contribution is 0.174. The van der Waals surface area contributed by atoms with E-state index in [-0.39, 0.29) is 6.79 Å². The Bertz CT molecular complexity index is 1030. The molecule has 4 rings (SSSR count). The van der Waals surface area contributed by atoms with Crippen molar-refractivity contribution in [3.63, 3.8) is 0 Å². The molecule has 0 saturated carbocycles. The van der Waals surface area contributed by atoms with Crippen LogP contribution >= 0.6 is 0 Å². The lowest BCUT2D eigenvalue weighted by Gasteiger charge is -2.12. The fourth-order valence-corrected chi connectivity index (χ4v) is 3.15. The van der Waals surface area contributed by atoms with Crippen molar-refractivity contribution in [2.45, 2.75) is 32.9 Å². The number of benzene rings is 2. The van der Waals surface area contributed by atoms with Gasteiger partial charge in [0.05, 0.1) is 0 Å². The van der Waals surface area contributed by atoms with Gasteiger partial charge in [-0.25, -0.2) is 0 Å². The molecule has 8 nitrogen and oxygen atoms in total. The molecular formula is C22H25N5O3. The van der Waals surface area contributed by atoms with E-state index in [0.717, 1.165) is 46.9 Å². The highest BCUT2D eigenvalue weighted by atomic mass is 16.7. The van der Waals surface area contributed by atoms with Crippen LogP contribution < -0.4 is 20.1 Å². The highest BCUT2D eigenvalue weighted by Crippen LogP contribution is 2.32. The number of nitrogens with zero attached hydrogens (tertiary/aromatic N) is 3. The highest BCUT2D eigenvalue weighted by molar-refractivity contribution is 5.79. The number of hydrogen-bond acceptors (Lipinski definition) is 6. The summed E-state index contributed by atoms with van der Waals surface area (Å²) in [5.41, 5.74) is 3.09. The van der Waals surface area contributed by atoms with Crippen LogP contribution in [0.5, 0.6) is 11.5 Å². The maximum Gasteiger partial charge on any atom is 0.257 e. The van der Waals surface area contributed by atoms with Gasteiger partial charge in [-0.15, -0.1) is 0 Å². The molecule has 0 aliphatic carbocycles. The number of rotatable bonds is 7. The topological polar surface area (TPSA) is 93.8 Å². The van der Waals surface area contributed by atoms with Gasteiger partial charge in [0.15, 0.2) is 23.3 Å². The van der Waals surface area contributed by atoms with Crippen molar-refractivity contribution in [3.05, 3.63) is 59.4 Å². The minimum absolute atomic E-state index is 0.276. The fraction of sp³-hybridized carbons (Fsp3) is 0.318. The number of aryl methyl sites for hydroxylation is 1. The standard InChI is InChI=1S/C22H25N5O3/c1-3-5-20-26-21(30-27-20)17-7-4-6-15(10-17)12-24-22(23-2)25-13-16-8-9-18-19(11-16)29-14-28-18/h4,6-11H,3,5,12-14H2,1-2H3,(H2,23,24,25). The van der Waals surface area contributed by atoms with Gasteiger partial charge in [0.1, 0.15) is 0 Å². The average molecular weight is 407 g/mol. The van der Waals surface area contributed by atoms with Crippen LogP contribution in [-0.4, -0.2) is 29.9 Å². The van der Waals surface area contributed by atoms with Gasteiger partial charge in [0, 0.05) is 32.1 Å². The predicted octanol–water partition coefficient (Wildman–Crippen LogP) is 3.28. The number of aromatic nitrogens is 2. The Hall–Kier alpha value is -3.55. The van der Waals surface area contributed by atoms with Gasteiger partial charge in [-0.3, -0.25) is 4.99 Å². The van der Waals surface area contributed by atoms with E-state index in [4.69, 9.17) is 14.0 Å². The minimum atomic E-state index is 0.276. The largest absolute Gasteiger partial charge is 0.454 e. The molecule has 2 heterocycles. The predicted molar refractivity (Wildman–Crippen MR) is 113 cm³/mol. The van der Waals surface area contributed by atoms with Gasteiger partial charge < -0.3 is 24.6 Å². The Morgan fingerprint density at radius 1 is 1.03 bits per heavy atom. The van der Waals surface area contributed by atoms with Crippen LogP contribution in [0.15, 0.2) is 52.0 Å². The Morgan fingerprint density at radius 2 is 1.83 bits per heavy atom. The quantitative estimate of drug-likeness (QED) is 0.458. The van der Waals surface area contributed by atoms with E-state index in [1.165, 1.54) is 0 Å². The zero-order valence-electron chi connectivity index (χ0n) is 17.1. The molecule has 1 aliphatic rings. The number of guanidine groups is 1. The highest BCUT2D eigenvalue weighted by Gasteiger charge is 2.13. The van der Waals surface area contributed by atoms with Crippen LogP contribution in [0.1, 0.15) is 30.3 Å². The summed E-state index contributed by atoms with van der Waals surface area (Å²) in [6, 6.07) is 14.0. The first-order valence-corrected chi connectivity index (χ1v) is 10.00. The fourth-order valence-electron chi connectivity index (χ4n) is 3.15. The van der Waals surface area contributed by atoms with E-state index in [0.29, 0.717) is 24.9 Å². The van der Waals surface area contributed by atoms with E-state index in [9.17, 15) is 0 Å². The number of fused-ring (bicyclic) bond motifs is 1. The molecule has 1 aliphatic heterocycles. The zero-order chi connectivity index (χ0) is 20.8. The van der Waals surface area contributed by atoms with E-state index in [1.807, 2.05) is 42.5 Å². The minimum Gasteiger partial charge on any atom is -0.454 e. The molecule has 2 N–H and O–H groups in total. The third-order valence-corrected chi connectivity index (χ3v) is 4.70. The third kappa shape index (κ3) is 4.71. The maximum atomic E-state index is 5.43. The van der Waals surface area contributed by atoms with Crippen molar-refractivity contribution in [1.29, 1.82) is 0 Å². The Labute approximate surface area is 175 Å². The second kappa shape index (κ2) is 9.30. The molecule has 2 aromatic carbocycles. The first-order valence-electron chi connectivity index (χ1n) is 10.00. The van der Waals surface area contributed by atoms with Gasteiger partial charge in [-0.2, -0.15) is 4.98 Å². The molecule has 0 bridgehead atoms. The van der Waals surface area contributed by atoms with Crippen molar-refractivity contribution in [3.8, 4) is 23.0 Å². The average Bonchev–Trinajstić information content (AvgIpc) is 3.43. The lowest BCUT2D eigenvalue weighted by atomic mass is 10.1. The number of nitrogens with one attached hydrogen (secondary N) is 2. The molecule has 1 aromatic heterocycles. The Balaban J connectivity index is 1.33. The molecule has 3 aromatic rings. The van der Waals surface area contributed by atoms with Crippen LogP contribution in [-0.2, 0) is 19.5 Å². The molecular weight excluding hydrogens is 382 g/mol. The Kier molecular flexibility index (Phi) is 6.12. The van der Waals surface area contributed by atoms with E-state index in [2.05, 4.69) is 32.7 Å². The molecule has 0 spiro atoms. The van der Waals surface area contributed by atoms with Gasteiger partial charge >= 0.3 is 0 Å². The molecule has 0 saturated heterocycles. The van der Waals surface area contributed by atoms with E-state index >= 15 is 0 Å². The van der Waals surface area contributed by atoms with Gasteiger partial charge in [-0.1, -0.05) is 30.3 Å². The SMILES string of the molecule is CCCc1noc(-c2cccc(CNC(=NC)NCc3ccc4c(c3)OCO4)c2)n1. The number of aliphatic imine (C=N–C) groups is 1. The van der Waals surface area contributed by atoms with Crippen LogP contribution in [0.3, 0.4) is 0 Å². The summed E-state index contributed by atoms with van der Waals surface area (Å²) in [7, 11) is 1.75. The van der Waals surface area contributed by atoms with Crippen molar-refractivity contribution < 1.29 is 14.0 Å². The van der Waals surface area contributed by atoms with Crippen LogP contribution in [0.25, 0.3) is 11.5 Å². The van der Waals surface area contributed by atoms with Gasteiger partial charge in [0.25, 0.3) is 5.89 Å². The molecule has 156 valence electrons. The van der Waals surface area contributed by atoms with Gasteiger partial charge in [0.2, 0.25) is 6.79 Å². The summed E-state index contributed by atoms with van der Waals surface area (Å²) in [5.74, 6) is 3.55. The summed E-state index contributed by atoms with van der Waals surface area (Å²) >= 11 is 0. The van der Waals surface area contributed by atoms with Crippen molar-refractivity contribution in [2.24, 2.45) is 4.99 Å². The maximum absolute atomic E-state index is 5.43. The summed E-state index contributed by atoms with van der Waals surface area (Å²) in [6.45, 7) is 3.61. The van der Waals surface area contributed by atoms with E-state index in [1.54, 1.807) is 7.05 Å². The van der Waals surface area contributed by atoms with Gasteiger partial charge in [-0.05, 0) is 41.8 Å². The smallest absolute Gasteiger partial charge is 0.257 e. The monoisotopic (exact) mass is 407 g/mol. The molecule has 0 radical (unpaired) electrons. The van der Waals surface area contributed by atoms with Crippen LogP contribution in [0, 0.1) is 0 Å². The third-order valence-electron chi connectivity index (χ3n) is 4.70. The van der Waals surface area contributed by atoms with Crippen molar-refractivity contribution >= 4 is 5.96 Å². The van der Waals surface area contributed by atoms with Crippen LogP contribution in [0.2, 0.25) is 0 Å². The first-order chi connectivity index (χ1) is 14.7. The molecule has 0 amide bonds.